The van der Waals surface area contributed by atoms with Crippen LogP contribution in [-0.4, -0.2) is 106 Å². The molecule has 0 bridgehead atoms. The van der Waals surface area contributed by atoms with Gasteiger partial charge in [-0.3, -0.25) is 14.5 Å². The van der Waals surface area contributed by atoms with Crippen LogP contribution in [0.3, 0.4) is 0 Å². The SMILES string of the molecule is C.CCCOC(=O)NCCOCCOCC(=O)OCCN(CCOC(C)=O)CC(=O)O. The molecule has 2 N–H and O–H groups in total. The molecule has 0 spiro atoms. The molecule has 12 heteroatoms. The highest BCUT2D eigenvalue weighted by Crippen LogP contribution is 1.92. The third-order valence-electron chi connectivity index (χ3n) is 3.29. The molecule has 0 aromatic heterocycles. The minimum atomic E-state index is -1.04. The zero-order valence-electron chi connectivity index (χ0n) is 17.6. The van der Waals surface area contributed by atoms with Gasteiger partial charge in [0.05, 0.1) is 33.0 Å². The summed E-state index contributed by atoms with van der Waals surface area (Å²) in [5.74, 6) is -2.09. The number of alkyl carbamates (subject to hydrolysis) is 1. The van der Waals surface area contributed by atoms with Crippen LogP contribution < -0.4 is 5.32 Å². The van der Waals surface area contributed by atoms with Crippen LogP contribution in [0.25, 0.3) is 0 Å². The summed E-state index contributed by atoms with van der Waals surface area (Å²) in [4.78, 5) is 45.8. The average molecular weight is 453 g/mol. The quantitative estimate of drug-likeness (QED) is 0.168. The summed E-state index contributed by atoms with van der Waals surface area (Å²) in [6.45, 7) is 4.39. The third-order valence-corrected chi connectivity index (χ3v) is 3.29. The van der Waals surface area contributed by atoms with Crippen molar-refractivity contribution in [2.75, 3.05) is 72.4 Å². The molecule has 0 saturated heterocycles. The summed E-state index contributed by atoms with van der Waals surface area (Å²) < 4.78 is 24.9. The number of nitrogens with one attached hydrogen (secondary N) is 1. The second kappa shape index (κ2) is 20.8. The Morgan fingerprint density at radius 1 is 0.871 bits per heavy atom. The van der Waals surface area contributed by atoms with Gasteiger partial charge in [-0.1, -0.05) is 14.4 Å². The maximum absolute atomic E-state index is 11.6. The van der Waals surface area contributed by atoms with Gasteiger partial charge in [0.15, 0.2) is 0 Å². The van der Waals surface area contributed by atoms with Crippen molar-refractivity contribution in [3.63, 3.8) is 0 Å². The fourth-order valence-corrected chi connectivity index (χ4v) is 1.96. The summed E-state index contributed by atoms with van der Waals surface area (Å²) in [7, 11) is 0. The normalized spacial score (nSPS) is 10.2. The molecular formula is C19H36N2O10. The van der Waals surface area contributed by atoms with Gasteiger partial charge < -0.3 is 34.1 Å². The summed E-state index contributed by atoms with van der Waals surface area (Å²) in [6.07, 6.45) is 0.258. The Bertz CT molecular complexity index is 516. The standard InChI is InChI=1S/C18H32N2O10.CH4/c1-3-7-30-18(25)19-4-8-26-11-12-27-14-17(24)29-10-6-20(13-16(22)23)5-9-28-15(2)21;/h3-14H2,1-2H3,(H,19,25)(H,22,23);1H4. The Morgan fingerprint density at radius 2 is 1.52 bits per heavy atom. The lowest BCUT2D eigenvalue weighted by Gasteiger charge is -2.19. The topological polar surface area (TPSA) is 150 Å². The van der Waals surface area contributed by atoms with E-state index < -0.39 is 24.0 Å². The Balaban J connectivity index is 0. The van der Waals surface area contributed by atoms with Gasteiger partial charge in [0.25, 0.3) is 0 Å². The van der Waals surface area contributed by atoms with Crippen LogP contribution in [0.4, 0.5) is 4.79 Å². The predicted molar refractivity (Wildman–Crippen MR) is 110 cm³/mol. The first-order valence-corrected chi connectivity index (χ1v) is 9.64. The predicted octanol–water partition coefficient (Wildman–Crippen LogP) is 0.285. The van der Waals surface area contributed by atoms with Crippen LogP contribution in [0, 0.1) is 0 Å². The van der Waals surface area contributed by atoms with E-state index in [1.54, 1.807) is 0 Å². The number of carboxylic acid groups (broad SMARTS) is 1. The Kier molecular flexibility index (Phi) is 20.7. The number of carboxylic acids is 1. The third kappa shape index (κ3) is 22.1. The molecule has 0 aliphatic carbocycles. The van der Waals surface area contributed by atoms with Gasteiger partial charge in [0, 0.05) is 26.6 Å². The van der Waals surface area contributed by atoms with E-state index in [9.17, 15) is 19.2 Å². The van der Waals surface area contributed by atoms with Crippen LogP contribution >= 0.6 is 0 Å². The van der Waals surface area contributed by atoms with E-state index in [0.29, 0.717) is 13.2 Å². The van der Waals surface area contributed by atoms with Crippen LogP contribution in [0.1, 0.15) is 27.7 Å². The van der Waals surface area contributed by atoms with E-state index in [0.717, 1.165) is 6.42 Å². The molecule has 0 rings (SSSR count). The highest BCUT2D eigenvalue weighted by Gasteiger charge is 2.11. The minimum absolute atomic E-state index is 0. The largest absolute Gasteiger partial charge is 0.480 e. The first kappa shape index (κ1) is 30.8. The molecule has 0 aliphatic rings. The lowest BCUT2D eigenvalue weighted by Crippen LogP contribution is -2.36. The van der Waals surface area contributed by atoms with Gasteiger partial charge in [-0.15, -0.1) is 0 Å². The number of carbonyl (C=O) groups excluding carboxylic acids is 3. The molecule has 0 aromatic carbocycles. The van der Waals surface area contributed by atoms with Crippen molar-refractivity contribution in [1.82, 2.24) is 10.2 Å². The number of amides is 1. The van der Waals surface area contributed by atoms with Gasteiger partial charge in [-0.25, -0.2) is 9.59 Å². The first-order chi connectivity index (χ1) is 14.3. The van der Waals surface area contributed by atoms with Gasteiger partial charge in [-0.05, 0) is 6.42 Å². The first-order valence-electron chi connectivity index (χ1n) is 9.64. The summed E-state index contributed by atoms with van der Waals surface area (Å²) in [6, 6.07) is 0. The number of hydrogen-bond acceptors (Lipinski definition) is 10. The fraction of sp³-hybridized carbons (Fsp3) is 0.789. The van der Waals surface area contributed by atoms with Crippen molar-refractivity contribution in [1.29, 1.82) is 0 Å². The smallest absolute Gasteiger partial charge is 0.407 e. The molecular weight excluding hydrogens is 416 g/mol. The molecule has 182 valence electrons. The average Bonchev–Trinajstić information content (AvgIpc) is 2.67. The maximum atomic E-state index is 11.6. The summed E-state index contributed by atoms with van der Waals surface area (Å²) >= 11 is 0. The summed E-state index contributed by atoms with van der Waals surface area (Å²) in [5.41, 5.74) is 0. The van der Waals surface area contributed by atoms with Crippen LogP contribution in [0.2, 0.25) is 0 Å². The molecule has 0 saturated carbocycles. The minimum Gasteiger partial charge on any atom is -0.480 e. The van der Waals surface area contributed by atoms with Gasteiger partial charge >= 0.3 is 24.0 Å². The second-order valence-electron chi connectivity index (χ2n) is 5.96. The molecule has 1 amide bonds. The molecule has 0 fully saturated rings. The lowest BCUT2D eigenvalue weighted by atomic mass is 10.4. The van der Waals surface area contributed by atoms with Gasteiger partial charge in [0.2, 0.25) is 0 Å². The summed E-state index contributed by atoms with van der Waals surface area (Å²) in [5, 5.41) is 11.4. The number of carbonyl (C=O) groups is 4. The molecule has 31 heavy (non-hydrogen) atoms. The Morgan fingerprint density at radius 3 is 2.13 bits per heavy atom. The van der Waals surface area contributed by atoms with Crippen molar-refractivity contribution < 1.29 is 48.0 Å². The number of hydrogen-bond donors (Lipinski definition) is 2. The second-order valence-corrected chi connectivity index (χ2v) is 5.96. The van der Waals surface area contributed by atoms with E-state index in [1.165, 1.54) is 11.8 Å². The zero-order valence-corrected chi connectivity index (χ0v) is 17.6. The molecule has 12 nitrogen and oxygen atoms in total. The van der Waals surface area contributed by atoms with Crippen molar-refractivity contribution in [2.45, 2.75) is 27.7 Å². The van der Waals surface area contributed by atoms with E-state index in [4.69, 9.17) is 28.8 Å². The molecule has 0 radical (unpaired) electrons. The van der Waals surface area contributed by atoms with Crippen molar-refractivity contribution >= 4 is 24.0 Å². The van der Waals surface area contributed by atoms with Crippen molar-refractivity contribution in [3.05, 3.63) is 0 Å². The van der Waals surface area contributed by atoms with E-state index in [1.807, 2.05) is 6.92 Å². The molecule has 0 aliphatic heterocycles. The van der Waals surface area contributed by atoms with Gasteiger partial charge in [-0.2, -0.15) is 0 Å². The van der Waals surface area contributed by atoms with E-state index in [-0.39, 0.29) is 66.7 Å². The molecule has 0 heterocycles. The molecule has 0 unspecified atom stereocenters. The number of rotatable bonds is 18. The van der Waals surface area contributed by atoms with Crippen LogP contribution in [0.15, 0.2) is 0 Å². The Labute approximate surface area is 183 Å². The van der Waals surface area contributed by atoms with Crippen LogP contribution in [0.5, 0.6) is 0 Å². The monoisotopic (exact) mass is 452 g/mol. The van der Waals surface area contributed by atoms with E-state index >= 15 is 0 Å². The fourth-order valence-electron chi connectivity index (χ4n) is 1.96. The van der Waals surface area contributed by atoms with Crippen molar-refractivity contribution in [2.24, 2.45) is 0 Å². The molecule has 0 aromatic rings. The lowest BCUT2D eigenvalue weighted by molar-refractivity contribution is -0.150. The van der Waals surface area contributed by atoms with Crippen molar-refractivity contribution in [3.8, 4) is 0 Å². The highest BCUT2D eigenvalue weighted by molar-refractivity contribution is 5.70. The maximum Gasteiger partial charge on any atom is 0.407 e. The van der Waals surface area contributed by atoms with Crippen LogP contribution in [-0.2, 0) is 38.1 Å². The van der Waals surface area contributed by atoms with Gasteiger partial charge in [0.1, 0.15) is 19.8 Å². The highest BCUT2D eigenvalue weighted by atomic mass is 16.6. The zero-order chi connectivity index (χ0) is 22.6. The number of aliphatic carboxylic acids is 1. The molecule has 0 atom stereocenters. The Hall–Kier alpha value is -2.44. The van der Waals surface area contributed by atoms with E-state index in [2.05, 4.69) is 5.32 Å². The number of esters is 2. The number of ether oxygens (including phenoxy) is 5. The number of nitrogens with zero attached hydrogens (tertiary/aromatic N) is 1.